The van der Waals surface area contributed by atoms with Crippen LogP contribution in [0.4, 0.5) is 0 Å². The molecule has 2 aliphatic rings. The number of benzene rings is 1. The van der Waals surface area contributed by atoms with Gasteiger partial charge < -0.3 is 53.3 Å². The van der Waals surface area contributed by atoms with Crippen molar-refractivity contribution in [2.75, 3.05) is 13.2 Å². The van der Waals surface area contributed by atoms with E-state index < -0.39 is 116 Å². The fraction of sp³-hybridized carbons (Fsp3) is 0.606. The molecule has 51 heavy (non-hydrogen) atoms. The summed E-state index contributed by atoms with van der Waals surface area (Å²) in [6, 6.07) is 6.27. The maximum absolute atomic E-state index is 12.6. The van der Waals surface area contributed by atoms with Crippen LogP contribution in [-0.2, 0) is 82.8 Å². The van der Waals surface area contributed by atoms with Crippen LogP contribution in [0.15, 0.2) is 30.3 Å². The zero-order chi connectivity index (χ0) is 37.8. The second-order valence-electron chi connectivity index (χ2n) is 11.8. The van der Waals surface area contributed by atoms with Crippen LogP contribution in [-0.4, -0.2) is 116 Å². The Hall–Kier alpha value is -4.65. The second kappa shape index (κ2) is 19.1. The Morgan fingerprint density at radius 2 is 1.00 bits per heavy atom. The summed E-state index contributed by atoms with van der Waals surface area (Å²) in [6.45, 7) is 6.94. The van der Waals surface area contributed by atoms with Gasteiger partial charge in [0.1, 0.15) is 43.6 Å². The molecule has 1 aromatic rings. The summed E-state index contributed by atoms with van der Waals surface area (Å²) in [4.78, 5) is 85.9. The van der Waals surface area contributed by atoms with Crippen LogP contribution >= 0.6 is 0 Å². The van der Waals surface area contributed by atoms with E-state index >= 15 is 0 Å². The molecule has 2 amide bonds. The van der Waals surface area contributed by atoms with Crippen LogP contribution in [0, 0.1) is 0 Å². The SMILES string of the molecule is CC(=O)N[C@H]1[C@@H](OCc2ccccc2)O[C@H](COC(C)=O)[C@H](OC(C)=O)[C@@H]1O[C@@H]1O[C@H](COC(C)=O)[C@@H](OC(C)=O)[C@H](OC(C)=O)[C@H]1NC(C)=O. The second-order valence-corrected chi connectivity index (χ2v) is 11.8. The van der Waals surface area contributed by atoms with Crippen LogP contribution in [0.5, 0.6) is 0 Å². The molecule has 2 fully saturated rings. The number of esters is 5. The molecule has 0 bridgehead atoms. The summed E-state index contributed by atoms with van der Waals surface area (Å²) in [6.07, 6.45) is -11.4. The fourth-order valence-electron chi connectivity index (χ4n) is 5.58. The van der Waals surface area contributed by atoms with Gasteiger partial charge in [0.25, 0.3) is 0 Å². The summed E-state index contributed by atoms with van der Waals surface area (Å²) in [5.41, 5.74) is 0.731. The highest BCUT2D eigenvalue weighted by Gasteiger charge is 2.56. The van der Waals surface area contributed by atoms with E-state index in [1.807, 2.05) is 6.07 Å². The Balaban J connectivity index is 2.17. The zero-order valence-electron chi connectivity index (χ0n) is 29.3. The molecule has 0 saturated carbocycles. The Morgan fingerprint density at radius 3 is 1.45 bits per heavy atom. The minimum absolute atomic E-state index is 0.0235. The van der Waals surface area contributed by atoms with Crippen molar-refractivity contribution in [2.24, 2.45) is 0 Å². The molecular formula is C33H44N2O16. The Labute approximate surface area is 294 Å². The van der Waals surface area contributed by atoms with Gasteiger partial charge >= 0.3 is 29.8 Å². The van der Waals surface area contributed by atoms with E-state index in [-0.39, 0.29) is 6.61 Å². The highest BCUT2D eigenvalue weighted by molar-refractivity contribution is 5.74. The van der Waals surface area contributed by atoms with Gasteiger partial charge in [0, 0.05) is 48.5 Å². The normalized spacial score (nSPS) is 28.7. The lowest BCUT2D eigenvalue weighted by molar-refractivity contribution is -0.331. The molecule has 0 radical (unpaired) electrons. The molecule has 2 aliphatic heterocycles. The van der Waals surface area contributed by atoms with Crippen LogP contribution < -0.4 is 10.6 Å². The smallest absolute Gasteiger partial charge is 0.303 e. The van der Waals surface area contributed by atoms with Gasteiger partial charge in [-0.3, -0.25) is 33.6 Å². The van der Waals surface area contributed by atoms with E-state index in [2.05, 4.69) is 10.6 Å². The monoisotopic (exact) mass is 724 g/mol. The van der Waals surface area contributed by atoms with Gasteiger partial charge in [0.2, 0.25) is 11.8 Å². The maximum atomic E-state index is 12.6. The summed E-state index contributed by atoms with van der Waals surface area (Å²) in [5.74, 6) is -5.08. The van der Waals surface area contributed by atoms with Gasteiger partial charge in [0.15, 0.2) is 30.9 Å². The third-order valence-electron chi connectivity index (χ3n) is 7.39. The van der Waals surface area contributed by atoms with Gasteiger partial charge in [-0.25, -0.2) is 0 Å². The standard InChI is InChI=1S/C33H44N2O16/c1-16(36)34-26-31(29(47-21(6)41)24(14-43-18(3)38)49-32(26)45-13-23-11-9-8-10-12-23)51-33-27(35-17(2)37)30(48-22(7)42)28(46-20(5)40)25(50-33)15-44-19(4)39/h8-12,24-33H,13-15H2,1-7H3,(H,34,36)(H,35,37)/t24-,25-,26-,27-,28-,29+,30-,31-,32+,33+/m1/s1. The highest BCUT2D eigenvalue weighted by atomic mass is 16.7. The molecule has 2 N–H and O–H groups in total. The van der Waals surface area contributed by atoms with Crippen molar-refractivity contribution in [3.8, 4) is 0 Å². The van der Waals surface area contributed by atoms with Crippen LogP contribution in [0.3, 0.4) is 0 Å². The number of carbonyl (C=O) groups excluding carboxylic acids is 7. The first kappa shape index (κ1) is 40.8. The van der Waals surface area contributed by atoms with Gasteiger partial charge in [0.05, 0.1) is 6.61 Å². The van der Waals surface area contributed by atoms with Crippen molar-refractivity contribution >= 4 is 41.7 Å². The largest absolute Gasteiger partial charge is 0.463 e. The van der Waals surface area contributed by atoms with Crippen LogP contribution in [0.25, 0.3) is 0 Å². The first-order chi connectivity index (χ1) is 24.0. The number of rotatable bonds is 14. The first-order valence-corrected chi connectivity index (χ1v) is 16.0. The number of hydrogen-bond acceptors (Lipinski definition) is 16. The van der Waals surface area contributed by atoms with E-state index in [1.54, 1.807) is 24.3 Å². The van der Waals surface area contributed by atoms with Gasteiger partial charge in [-0.05, 0) is 5.56 Å². The molecule has 1 aromatic carbocycles. The molecular weight excluding hydrogens is 680 g/mol. The predicted molar refractivity (Wildman–Crippen MR) is 169 cm³/mol. The van der Waals surface area contributed by atoms with E-state index in [9.17, 15) is 33.6 Å². The quantitative estimate of drug-likeness (QED) is 0.190. The highest BCUT2D eigenvalue weighted by Crippen LogP contribution is 2.34. The number of carbonyl (C=O) groups is 7. The average molecular weight is 725 g/mol. The minimum Gasteiger partial charge on any atom is -0.463 e. The number of ether oxygens (including phenoxy) is 9. The lowest BCUT2D eigenvalue weighted by Gasteiger charge is -2.49. The molecule has 3 rings (SSSR count). The fourth-order valence-corrected chi connectivity index (χ4v) is 5.58. The summed E-state index contributed by atoms with van der Waals surface area (Å²) in [5, 5.41) is 5.30. The lowest BCUT2D eigenvalue weighted by Crippen LogP contribution is -2.71. The summed E-state index contributed by atoms with van der Waals surface area (Å²) in [7, 11) is 0. The summed E-state index contributed by atoms with van der Waals surface area (Å²) >= 11 is 0. The Morgan fingerprint density at radius 1 is 0.569 bits per heavy atom. The first-order valence-electron chi connectivity index (χ1n) is 16.0. The van der Waals surface area contributed by atoms with Crippen molar-refractivity contribution in [2.45, 2.75) is 116 Å². The Kier molecular flexibility index (Phi) is 15.3. The van der Waals surface area contributed by atoms with Crippen molar-refractivity contribution < 1.29 is 76.2 Å². The zero-order valence-corrected chi connectivity index (χ0v) is 29.3. The molecule has 0 aliphatic carbocycles. The topological polar surface area (TPSA) is 227 Å². The van der Waals surface area contributed by atoms with E-state index in [1.165, 1.54) is 6.92 Å². The molecule has 18 heteroatoms. The molecule has 18 nitrogen and oxygen atoms in total. The molecule has 0 aromatic heterocycles. The molecule has 0 unspecified atom stereocenters. The predicted octanol–water partition coefficient (Wildman–Crippen LogP) is -0.0311. The van der Waals surface area contributed by atoms with Crippen molar-refractivity contribution in [3.05, 3.63) is 35.9 Å². The van der Waals surface area contributed by atoms with E-state index in [4.69, 9.17) is 42.6 Å². The number of hydrogen-bond donors (Lipinski definition) is 2. The molecule has 10 atom stereocenters. The molecule has 2 saturated heterocycles. The van der Waals surface area contributed by atoms with Gasteiger partial charge in [-0.2, -0.15) is 0 Å². The van der Waals surface area contributed by atoms with Crippen LogP contribution in [0.1, 0.15) is 54.0 Å². The van der Waals surface area contributed by atoms with E-state index in [0.717, 1.165) is 47.1 Å². The average Bonchev–Trinajstić information content (AvgIpc) is 3.02. The lowest BCUT2D eigenvalue weighted by atomic mass is 9.93. The van der Waals surface area contributed by atoms with Crippen molar-refractivity contribution in [3.63, 3.8) is 0 Å². The number of amides is 2. The third-order valence-corrected chi connectivity index (χ3v) is 7.39. The number of nitrogens with one attached hydrogen (secondary N) is 2. The van der Waals surface area contributed by atoms with Gasteiger partial charge in [-0.15, -0.1) is 0 Å². The molecule has 0 spiro atoms. The molecule has 2 heterocycles. The minimum atomic E-state index is -1.65. The summed E-state index contributed by atoms with van der Waals surface area (Å²) < 4.78 is 52.0. The van der Waals surface area contributed by atoms with Crippen LogP contribution in [0.2, 0.25) is 0 Å². The van der Waals surface area contributed by atoms with Crippen molar-refractivity contribution in [1.29, 1.82) is 0 Å². The van der Waals surface area contributed by atoms with Gasteiger partial charge in [-0.1, -0.05) is 30.3 Å². The maximum Gasteiger partial charge on any atom is 0.303 e. The van der Waals surface area contributed by atoms with E-state index in [0.29, 0.717) is 0 Å². The Bertz CT molecular complexity index is 1410. The van der Waals surface area contributed by atoms with Crippen molar-refractivity contribution in [1.82, 2.24) is 10.6 Å². The third kappa shape index (κ3) is 12.6. The molecule has 282 valence electrons.